The zero-order valence-corrected chi connectivity index (χ0v) is 35.4. The average Bonchev–Trinajstić information content (AvgIpc) is 4.07. The molecule has 0 radical (unpaired) electrons. The molecule has 0 aliphatic rings. The molecule has 0 amide bonds. The maximum atomic E-state index is 6.82. The first kappa shape index (κ1) is 36.5. The standard InChI is InChI=1S/C60H37NO2S/c1-3-14-38(15-4-1)44-19-9-23-49-51-25-11-21-46(58(51)62-56(44)49)40-30-34-42(35-31-40)61(54-28-13-27-53-48-18-7-8-29-55(48)64-60(53)54)43-36-32-41(33-37-43)47-22-12-26-52-50-24-10-20-45(57(50)63-59(47)52)39-16-5-2-6-17-39/h1-37H. The van der Waals surface area contributed by atoms with Crippen molar-refractivity contribution in [3.05, 3.63) is 224 Å². The highest BCUT2D eigenvalue weighted by molar-refractivity contribution is 7.26. The van der Waals surface area contributed by atoms with Crippen molar-refractivity contribution in [2.45, 2.75) is 0 Å². The molecule has 13 aromatic rings. The quantitative estimate of drug-likeness (QED) is 0.160. The molecule has 0 bridgehead atoms. The van der Waals surface area contributed by atoms with E-state index in [1.54, 1.807) is 0 Å². The van der Waals surface area contributed by atoms with Crippen LogP contribution in [-0.2, 0) is 0 Å². The van der Waals surface area contributed by atoms with Crippen molar-refractivity contribution in [3.8, 4) is 44.5 Å². The Labute approximate surface area is 373 Å². The molecule has 0 spiro atoms. The monoisotopic (exact) mass is 835 g/mol. The van der Waals surface area contributed by atoms with E-state index in [-0.39, 0.29) is 0 Å². The summed E-state index contributed by atoms with van der Waals surface area (Å²) in [6, 6.07) is 80.1. The molecule has 3 aromatic heterocycles. The van der Waals surface area contributed by atoms with E-state index in [1.807, 2.05) is 11.3 Å². The van der Waals surface area contributed by atoms with Gasteiger partial charge < -0.3 is 13.7 Å². The van der Waals surface area contributed by atoms with Crippen LogP contribution in [-0.4, -0.2) is 0 Å². The minimum Gasteiger partial charge on any atom is -0.455 e. The van der Waals surface area contributed by atoms with E-state index in [1.165, 1.54) is 20.2 Å². The number of rotatable bonds is 7. The van der Waals surface area contributed by atoms with Gasteiger partial charge in [-0.15, -0.1) is 11.3 Å². The first-order valence-corrected chi connectivity index (χ1v) is 22.5. The lowest BCUT2D eigenvalue weighted by molar-refractivity contribution is 0.670. The van der Waals surface area contributed by atoms with Gasteiger partial charge in [-0.3, -0.25) is 0 Å². The fraction of sp³-hybridized carbons (Fsp3) is 0. The van der Waals surface area contributed by atoms with Crippen molar-refractivity contribution in [1.29, 1.82) is 0 Å². The molecule has 0 saturated carbocycles. The van der Waals surface area contributed by atoms with Gasteiger partial charge in [0, 0.05) is 70.6 Å². The zero-order valence-electron chi connectivity index (χ0n) is 34.5. The second kappa shape index (κ2) is 14.7. The molecule has 300 valence electrons. The lowest BCUT2D eigenvalue weighted by Gasteiger charge is -2.26. The summed E-state index contributed by atoms with van der Waals surface area (Å²) in [6.07, 6.45) is 0. The number of thiophene rings is 1. The van der Waals surface area contributed by atoms with Crippen LogP contribution in [0.4, 0.5) is 17.1 Å². The van der Waals surface area contributed by atoms with E-state index in [0.717, 1.165) is 105 Å². The Hall–Kier alpha value is -8.18. The van der Waals surface area contributed by atoms with E-state index in [4.69, 9.17) is 8.83 Å². The van der Waals surface area contributed by atoms with Crippen LogP contribution < -0.4 is 4.90 Å². The normalized spacial score (nSPS) is 11.8. The van der Waals surface area contributed by atoms with Gasteiger partial charge in [-0.25, -0.2) is 0 Å². The first-order valence-electron chi connectivity index (χ1n) is 21.7. The number of nitrogens with zero attached hydrogens (tertiary/aromatic N) is 1. The van der Waals surface area contributed by atoms with Gasteiger partial charge in [0.05, 0.1) is 10.4 Å². The molecule has 4 heteroatoms. The van der Waals surface area contributed by atoms with Gasteiger partial charge >= 0.3 is 0 Å². The molecule has 0 aliphatic heterocycles. The number of hydrogen-bond acceptors (Lipinski definition) is 4. The average molecular weight is 836 g/mol. The Kier molecular flexibility index (Phi) is 8.40. The van der Waals surface area contributed by atoms with Crippen LogP contribution in [0.15, 0.2) is 233 Å². The number of fused-ring (bicyclic) bond motifs is 9. The number of hydrogen-bond donors (Lipinski definition) is 0. The van der Waals surface area contributed by atoms with Gasteiger partial charge in [0.15, 0.2) is 0 Å². The van der Waals surface area contributed by atoms with Crippen LogP contribution in [0.1, 0.15) is 0 Å². The molecule has 0 fully saturated rings. The Morgan fingerprint density at radius 2 is 0.641 bits per heavy atom. The Balaban J connectivity index is 0.931. The second-order valence-electron chi connectivity index (χ2n) is 16.3. The van der Waals surface area contributed by atoms with Gasteiger partial charge in [-0.1, -0.05) is 188 Å². The molecule has 0 atom stereocenters. The first-order chi connectivity index (χ1) is 31.7. The largest absolute Gasteiger partial charge is 0.455 e. The molecule has 0 unspecified atom stereocenters. The van der Waals surface area contributed by atoms with E-state index < -0.39 is 0 Å². The lowest BCUT2D eigenvalue weighted by atomic mass is 9.99. The lowest BCUT2D eigenvalue weighted by Crippen LogP contribution is -2.10. The number of benzene rings is 10. The van der Waals surface area contributed by atoms with Crippen molar-refractivity contribution in [3.63, 3.8) is 0 Å². The molecular formula is C60H37NO2S. The SMILES string of the molecule is c1ccc(-c2cccc3c2oc2c(-c4ccc(N(c5ccc(-c6cccc7c6oc6c(-c8ccccc8)cccc67)cc5)c5cccc6c5sc5ccccc56)cc4)cccc23)cc1. The predicted molar refractivity (Wildman–Crippen MR) is 270 cm³/mol. The third-order valence-electron chi connectivity index (χ3n) is 12.7. The van der Waals surface area contributed by atoms with E-state index in [9.17, 15) is 0 Å². The summed E-state index contributed by atoms with van der Waals surface area (Å²) in [6.45, 7) is 0. The van der Waals surface area contributed by atoms with Crippen molar-refractivity contribution in [1.82, 2.24) is 0 Å². The van der Waals surface area contributed by atoms with Gasteiger partial charge in [-0.05, 0) is 58.7 Å². The predicted octanol–water partition coefficient (Wildman–Crippen LogP) is 18.0. The van der Waals surface area contributed by atoms with Gasteiger partial charge in [0.25, 0.3) is 0 Å². The van der Waals surface area contributed by atoms with Crippen LogP contribution in [0, 0.1) is 0 Å². The summed E-state index contributed by atoms with van der Waals surface area (Å²) in [5.74, 6) is 0. The van der Waals surface area contributed by atoms with E-state index >= 15 is 0 Å². The minimum absolute atomic E-state index is 0.895. The summed E-state index contributed by atoms with van der Waals surface area (Å²) in [4.78, 5) is 2.40. The highest BCUT2D eigenvalue weighted by Crippen LogP contribution is 2.47. The molecule has 0 saturated heterocycles. The van der Waals surface area contributed by atoms with Crippen molar-refractivity contribution >= 4 is 92.4 Å². The zero-order chi connectivity index (χ0) is 42.1. The minimum atomic E-state index is 0.895. The van der Waals surface area contributed by atoms with Crippen LogP contribution in [0.5, 0.6) is 0 Å². The van der Waals surface area contributed by atoms with Crippen LogP contribution in [0.3, 0.4) is 0 Å². The number of furan rings is 2. The van der Waals surface area contributed by atoms with Crippen LogP contribution in [0.25, 0.3) is 109 Å². The van der Waals surface area contributed by atoms with Crippen molar-refractivity contribution < 1.29 is 8.83 Å². The van der Waals surface area contributed by atoms with E-state index in [2.05, 4.69) is 229 Å². The molecule has 0 N–H and O–H groups in total. The molecule has 3 heterocycles. The fourth-order valence-corrected chi connectivity index (χ4v) is 10.9. The molecule has 3 nitrogen and oxygen atoms in total. The molecule has 10 aromatic carbocycles. The summed E-state index contributed by atoms with van der Waals surface area (Å²) in [5, 5.41) is 7.00. The highest BCUT2D eigenvalue weighted by Gasteiger charge is 2.21. The van der Waals surface area contributed by atoms with Crippen LogP contribution >= 0.6 is 11.3 Å². The van der Waals surface area contributed by atoms with Gasteiger partial charge in [-0.2, -0.15) is 0 Å². The smallest absolute Gasteiger partial charge is 0.143 e. The maximum absolute atomic E-state index is 6.82. The van der Waals surface area contributed by atoms with Gasteiger partial charge in [0.2, 0.25) is 0 Å². The molecule has 0 aliphatic carbocycles. The number of para-hydroxylation sites is 4. The van der Waals surface area contributed by atoms with Crippen molar-refractivity contribution in [2.75, 3.05) is 4.90 Å². The second-order valence-corrected chi connectivity index (χ2v) is 17.4. The third kappa shape index (κ3) is 5.81. The summed E-state index contributed by atoms with van der Waals surface area (Å²) in [5.41, 5.74) is 15.7. The Morgan fingerprint density at radius 1 is 0.281 bits per heavy atom. The molecule has 64 heavy (non-hydrogen) atoms. The fourth-order valence-electron chi connectivity index (χ4n) is 9.70. The molecule has 13 rings (SSSR count). The Morgan fingerprint density at radius 3 is 1.09 bits per heavy atom. The van der Waals surface area contributed by atoms with E-state index in [0.29, 0.717) is 0 Å². The Bertz CT molecular complexity index is 3680. The topological polar surface area (TPSA) is 29.5 Å². The summed E-state index contributed by atoms with van der Waals surface area (Å²) < 4.78 is 16.2. The number of anilines is 3. The highest BCUT2D eigenvalue weighted by atomic mass is 32.1. The maximum Gasteiger partial charge on any atom is 0.143 e. The van der Waals surface area contributed by atoms with Gasteiger partial charge in [0.1, 0.15) is 22.3 Å². The molecular weight excluding hydrogens is 799 g/mol. The summed E-state index contributed by atoms with van der Waals surface area (Å²) >= 11 is 1.85. The summed E-state index contributed by atoms with van der Waals surface area (Å²) in [7, 11) is 0. The van der Waals surface area contributed by atoms with Crippen molar-refractivity contribution in [2.24, 2.45) is 0 Å². The third-order valence-corrected chi connectivity index (χ3v) is 13.9. The van der Waals surface area contributed by atoms with Crippen LogP contribution in [0.2, 0.25) is 0 Å².